The van der Waals surface area contributed by atoms with Crippen molar-refractivity contribution in [2.45, 2.75) is 31.7 Å². The predicted molar refractivity (Wildman–Crippen MR) is 102 cm³/mol. The van der Waals surface area contributed by atoms with E-state index in [1.807, 2.05) is 19.9 Å². The van der Waals surface area contributed by atoms with Gasteiger partial charge in [-0.3, -0.25) is 0 Å². The molecule has 2 heterocycles. The Bertz CT molecular complexity index is 941. The molecule has 0 spiro atoms. The van der Waals surface area contributed by atoms with Crippen LogP contribution in [0, 0.1) is 19.7 Å². The summed E-state index contributed by atoms with van der Waals surface area (Å²) in [5.41, 5.74) is 0.918. The molecule has 1 N–H and O–H groups in total. The zero-order valence-corrected chi connectivity index (χ0v) is 16.8. The topological polar surface area (TPSA) is 82.9 Å². The zero-order valence-electron chi connectivity index (χ0n) is 15.9. The van der Waals surface area contributed by atoms with Gasteiger partial charge in [0.25, 0.3) is 0 Å². The van der Waals surface area contributed by atoms with Crippen LogP contribution in [0.25, 0.3) is 0 Å². The van der Waals surface area contributed by atoms with E-state index in [2.05, 4.69) is 5.32 Å². The van der Waals surface area contributed by atoms with Crippen LogP contribution >= 0.6 is 0 Å². The number of sulfonamides is 1. The van der Waals surface area contributed by atoms with Gasteiger partial charge in [-0.05, 0) is 50.6 Å². The van der Waals surface area contributed by atoms with Crippen molar-refractivity contribution in [1.29, 1.82) is 0 Å². The smallest absolute Gasteiger partial charge is 0.317 e. The van der Waals surface area contributed by atoms with Crippen LogP contribution in [0.15, 0.2) is 39.6 Å². The van der Waals surface area contributed by atoms with Crippen molar-refractivity contribution in [2.24, 2.45) is 0 Å². The lowest BCUT2D eigenvalue weighted by atomic mass is 10.2. The van der Waals surface area contributed by atoms with Crippen LogP contribution in [0.3, 0.4) is 0 Å². The second-order valence-electron chi connectivity index (χ2n) is 6.80. The Morgan fingerprint density at radius 2 is 1.86 bits per heavy atom. The maximum Gasteiger partial charge on any atom is 0.317 e. The van der Waals surface area contributed by atoms with E-state index in [9.17, 15) is 17.6 Å². The molecule has 1 aromatic carbocycles. The fourth-order valence-electron chi connectivity index (χ4n) is 3.23. The Labute approximate surface area is 164 Å². The van der Waals surface area contributed by atoms with Gasteiger partial charge in [0.05, 0.1) is 4.90 Å². The molecule has 7 nitrogen and oxygen atoms in total. The van der Waals surface area contributed by atoms with E-state index in [1.54, 1.807) is 4.90 Å². The number of carbonyl (C=O) groups is 1. The summed E-state index contributed by atoms with van der Waals surface area (Å²) in [5, 5.41) is 2.86. The third kappa shape index (κ3) is 4.53. The minimum atomic E-state index is -3.71. The van der Waals surface area contributed by atoms with Crippen LogP contribution in [-0.4, -0.2) is 49.8 Å². The Kier molecular flexibility index (Phi) is 6.04. The summed E-state index contributed by atoms with van der Waals surface area (Å²) < 4.78 is 45.4. The van der Waals surface area contributed by atoms with Gasteiger partial charge in [-0.2, -0.15) is 4.31 Å². The molecule has 0 radical (unpaired) electrons. The Morgan fingerprint density at radius 3 is 2.50 bits per heavy atom. The lowest BCUT2D eigenvalue weighted by Crippen LogP contribution is -2.42. The normalized spacial score (nSPS) is 16.0. The monoisotopic (exact) mass is 409 g/mol. The fourth-order valence-corrected chi connectivity index (χ4v) is 4.70. The van der Waals surface area contributed by atoms with Crippen LogP contribution in [0.2, 0.25) is 0 Å². The number of carbonyl (C=O) groups excluding carboxylic acids is 1. The van der Waals surface area contributed by atoms with Crippen molar-refractivity contribution in [3.63, 3.8) is 0 Å². The van der Waals surface area contributed by atoms with Gasteiger partial charge in [0, 0.05) is 38.3 Å². The summed E-state index contributed by atoms with van der Waals surface area (Å²) in [6, 6.07) is 6.42. The zero-order chi connectivity index (χ0) is 20.3. The molecule has 9 heteroatoms. The number of hydrogen-bond donors (Lipinski definition) is 1. The van der Waals surface area contributed by atoms with Crippen LogP contribution in [0.4, 0.5) is 9.18 Å². The summed E-state index contributed by atoms with van der Waals surface area (Å²) in [4.78, 5) is 14.1. The van der Waals surface area contributed by atoms with Crippen LogP contribution in [0.5, 0.6) is 0 Å². The molecule has 3 rings (SSSR count). The molecule has 0 bridgehead atoms. The molecule has 2 aromatic rings. The van der Waals surface area contributed by atoms with Crippen LogP contribution in [0.1, 0.15) is 23.5 Å². The number of nitrogens with zero attached hydrogens (tertiary/aromatic N) is 2. The fraction of sp³-hybridized carbons (Fsp3) is 0.421. The number of aryl methyl sites for hydroxylation is 2. The van der Waals surface area contributed by atoms with Crippen molar-refractivity contribution in [3.8, 4) is 0 Å². The highest BCUT2D eigenvalue weighted by Crippen LogP contribution is 2.18. The van der Waals surface area contributed by atoms with Crippen molar-refractivity contribution in [3.05, 3.63) is 53.2 Å². The molecule has 0 aliphatic carbocycles. The molecule has 1 fully saturated rings. The van der Waals surface area contributed by atoms with Gasteiger partial charge in [-0.15, -0.1) is 0 Å². The number of amides is 2. The second-order valence-corrected chi connectivity index (χ2v) is 8.73. The Hall–Kier alpha value is -2.39. The van der Waals surface area contributed by atoms with Crippen molar-refractivity contribution in [2.75, 3.05) is 26.2 Å². The summed E-state index contributed by atoms with van der Waals surface area (Å²) >= 11 is 0. The third-order valence-corrected chi connectivity index (χ3v) is 6.68. The van der Waals surface area contributed by atoms with Gasteiger partial charge >= 0.3 is 6.03 Å². The number of nitrogens with one attached hydrogen (secondary N) is 1. The number of rotatable bonds is 4. The third-order valence-electron chi connectivity index (χ3n) is 4.77. The van der Waals surface area contributed by atoms with E-state index in [-0.39, 0.29) is 24.0 Å². The van der Waals surface area contributed by atoms with E-state index in [4.69, 9.17) is 4.42 Å². The molecule has 1 aliphatic rings. The largest absolute Gasteiger partial charge is 0.466 e. The highest BCUT2D eigenvalue weighted by atomic mass is 32.2. The minimum Gasteiger partial charge on any atom is -0.466 e. The highest BCUT2D eigenvalue weighted by Gasteiger charge is 2.28. The quantitative estimate of drug-likeness (QED) is 0.842. The van der Waals surface area contributed by atoms with Crippen molar-refractivity contribution in [1.82, 2.24) is 14.5 Å². The molecule has 0 atom stereocenters. The number of benzene rings is 1. The van der Waals surface area contributed by atoms with E-state index in [1.165, 1.54) is 16.4 Å². The minimum absolute atomic E-state index is 0.0533. The molecule has 1 aromatic heterocycles. The first-order chi connectivity index (χ1) is 13.3. The van der Waals surface area contributed by atoms with Gasteiger partial charge in [0.2, 0.25) is 10.0 Å². The average molecular weight is 409 g/mol. The maximum absolute atomic E-state index is 13.1. The molecule has 28 heavy (non-hydrogen) atoms. The predicted octanol–water partition coefficient (Wildman–Crippen LogP) is 2.64. The summed E-state index contributed by atoms with van der Waals surface area (Å²) in [6.45, 7) is 5.30. The van der Waals surface area contributed by atoms with Gasteiger partial charge in [-0.1, -0.05) is 0 Å². The lowest BCUT2D eigenvalue weighted by Gasteiger charge is -2.22. The standard InChI is InChI=1S/C19H24FN3O4S/c1-14-12-16(15(2)27-14)13-21-19(24)22-8-3-9-23(11-10-22)28(25,26)18-6-4-17(20)5-7-18/h4-7,12H,3,8-11,13H2,1-2H3,(H,21,24). The van der Waals surface area contributed by atoms with E-state index >= 15 is 0 Å². The first kappa shape index (κ1) is 20.3. The van der Waals surface area contributed by atoms with Gasteiger partial charge < -0.3 is 14.6 Å². The number of halogens is 1. The number of furan rings is 1. The molecule has 1 aliphatic heterocycles. The molecule has 152 valence electrons. The van der Waals surface area contributed by atoms with Crippen LogP contribution < -0.4 is 5.32 Å². The van der Waals surface area contributed by atoms with E-state index in [0.29, 0.717) is 26.1 Å². The van der Waals surface area contributed by atoms with E-state index < -0.39 is 15.8 Å². The molecule has 0 unspecified atom stereocenters. The highest BCUT2D eigenvalue weighted by molar-refractivity contribution is 7.89. The first-order valence-corrected chi connectivity index (χ1v) is 10.6. The lowest BCUT2D eigenvalue weighted by molar-refractivity contribution is 0.200. The molecule has 1 saturated heterocycles. The van der Waals surface area contributed by atoms with Gasteiger partial charge in [0.15, 0.2) is 0 Å². The maximum atomic E-state index is 13.1. The summed E-state index contributed by atoms with van der Waals surface area (Å²) in [6.07, 6.45) is 0.525. The Morgan fingerprint density at radius 1 is 1.14 bits per heavy atom. The van der Waals surface area contributed by atoms with Crippen LogP contribution in [-0.2, 0) is 16.6 Å². The van der Waals surface area contributed by atoms with Gasteiger partial charge in [0.1, 0.15) is 17.3 Å². The molecule has 0 saturated carbocycles. The Balaban J connectivity index is 1.60. The number of urea groups is 1. The SMILES string of the molecule is Cc1cc(CNC(=O)N2CCCN(S(=O)(=O)c3ccc(F)cc3)CC2)c(C)o1. The van der Waals surface area contributed by atoms with Gasteiger partial charge in [-0.25, -0.2) is 17.6 Å². The molecular formula is C19H24FN3O4S. The van der Waals surface area contributed by atoms with E-state index in [0.717, 1.165) is 29.2 Å². The first-order valence-electron chi connectivity index (χ1n) is 9.12. The average Bonchev–Trinajstić information content (AvgIpc) is 2.85. The molecular weight excluding hydrogens is 385 g/mol. The van der Waals surface area contributed by atoms with Crippen molar-refractivity contribution < 1.29 is 22.0 Å². The molecule has 2 amide bonds. The second kappa shape index (κ2) is 8.32. The van der Waals surface area contributed by atoms with Crippen molar-refractivity contribution >= 4 is 16.1 Å². The summed E-state index contributed by atoms with van der Waals surface area (Å²) in [5.74, 6) is 1.07. The summed E-state index contributed by atoms with van der Waals surface area (Å²) in [7, 11) is -3.71. The number of hydrogen-bond acceptors (Lipinski definition) is 4.